The number of likely N-dealkylation sites (tertiary alicyclic amines) is 1. The van der Waals surface area contributed by atoms with Gasteiger partial charge in [0.15, 0.2) is 18.2 Å². The number of nitrogens with one attached hydrogen (secondary N) is 1. The average Bonchev–Trinajstić information content (AvgIpc) is 2.80. The molecule has 1 amide bonds. The van der Waals surface area contributed by atoms with Gasteiger partial charge in [-0.15, -0.1) is 0 Å². The lowest BCUT2D eigenvalue weighted by Crippen LogP contribution is -2.41. The highest BCUT2D eigenvalue weighted by Gasteiger charge is 2.26. The molecule has 32 heavy (non-hydrogen) atoms. The van der Waals surface area contributed by atoms with E-state index >= 15 is 0 Å². The van der Waals surface area contributed by atoms with E-state index in [2.05, 4.69) is 10.3 Å². The molecular formula is C24H24F2N4O2. The Labute approximate surface area is 185 Å². The van der Waals surface area contributed by atoms with E-state index in [1.54, 1.807) is 11.1 Å². The van der Waals surface area contributed by atoms with Crippen molar-refractivity contribution in [3.63, 3.8) is 0 Å². The molecule has 1 aliphatic heterocycles. The summed E-state index contributed by atoms with van der Waals surface area (Å²) in [7, 11) is 0. The number of carbonyl (C=O) groups excluding carboxylic acids is 1. The summed E-state index contributed by atoms with van der Waals surface area (Å²) < 4.78 is 32.0. The third-order valence-corrected chi connectivity index (χ3v) is 5.46. The van der Waals surface area contributed by atoms with Crippen LogP contribution in [0.1, 0.15) is 30.0 Å². The standard InChI is InChI=1S/C24H24F2N4O2/c1-16-5-3-11-27-24(16)29-22-8-2-7-20(28-22)17-6-4-12-30(14-17)23(31)15-32-21-10-9-18(25)13-19(21)26/h2-3,5,7-11,13,17H,4,6,12,14-15H2,1H3,(H,27,28,29)/t17-/m1/s1. The van der Waals surface area contributed by atoms with Gasteiger partial charge in [0.25, 0.3) is 5.91 Å². The van der Waals surface area contributed by atoms with Gasteiger partial charge in [0, 0.05) is 37.0 Å². The smallest absolute Gasteiger partial charge is 0.260 e. The maximum Gasteiger partial charge on any atom is 0.260 e. The highest BCUT2D eigenvalue weighted by Crippen LogP contribution is 2.27. The normalized spacial score (nSPS) is 16.0. The number of amides is 1. The number of nitrogens with zero attached hydrogens (tertiary/aromatic N) is 3. The van der Waals surface area contributed by atoms with Gasteiger partial charge in [-0.3, -0.25) is 4.79 Å². The van der Waals surface area contributed by atoms with E-state index < -0.39 is 11.6 Å². The van der Waals surface area contributed by atoms with E-state index in [4.69, 9.17) is 9.72 Å². The van der Waals surface area contributed by atoms with Crippen LogP contribution in [0.2, 0.25) is 0 Å². The lowest BCUT2D eigenvalue weighted by molar-refractivity contribution is -0.134. The Morgan fingerprint density at radius 1 is 1.22 bits per heavy atom. The zero-order valence-corrected chi connectivity index (χ0v) is 17.7. The van der Waals surface area contributed by atoms with Crippen molar-refractivity contribution in [1.82, 2.24) is 14.9 Å². The van der Waals surface area contributed by atoms with E-state index in [0.717, 1.165) is 42.0 Å². The lowest BCUT2D eigenvalue weighted by atomic mass is 9.94. The Morgan fingerprint density at radius 3 is 2.91 bits per heavy atom. The number of pyridine rings is 2. The first kappa shape index (κ1) is 21.7. The number of hydrogen-bond donors (Lipinski definition) is 1. The van der Waals surface area contributed by atoms with E-state index in [-0.39, 0.29) is 24.2 Å². The van der Waals surface area contributed by atoms with Crippen molar-refractivity contribution in [2.24, 2.45) is 0 Å². The van der Waals surface area contributed by atoms with Gasteiger partial charge in [-0.05, 0) is 55.7 Å². The number of ether oxygens (including phenoxy) is 1. The van der Waals surface area contributed by atoms with Crippen LogP contribution in [-0.4, -0.2) is 40.5 Å². The lowest BCUT2D eigenvalue weighted by Gasteiger charge is -2.32. The maximum atomic E-state index is 13.7. The van der Waals surface area contributed by atoms with Gasteiger partial charge >= 0.3 is 0 Å². The molecule has 1 aliphatic rings. The summed E-state index contributed by atoms with van der Waals surface area (Å²) in [5.74, 6) is -0.365. The van der Waals surface area contributed by atoms with Crippen molar-refractivity contribution in [2.45, 2.75) is 25.7 Å². The average molecular weight is 438 g/mol. The van der Waals surface area contributed by atoms with Crippen molar-refractivity contribution >= 4 is 17.5 Å². The fourth-order valence-electron chi connectivity index (χ4n) is 3.75. The van der Waals surface area contributed by atoms with Gasteiger partial charge in [0.1, 0.15) is 17.5 Å². The number of aromatic nitrogens is 2. The van der Waals surface area contributed by atoms with E-state index in [1.807, 2.05) is 37.3 Å². The van der Waals surface area contributed by atoms with E-state index in [9.17, 15) is 13.6 Å². The molecule has 2 aromatic heterocycles. The Hall–Kier alpha value is -3.55. The molecule has 3 aromatic rings. The van der Waals surface area contributed by atoms with Gasteiger partial charge in [-0.1, -0.05) is 12.1 Å². The van der Waals surface area contributed by atoms with Crippen LogP contribution in [0.25, 0.3) is 0 Å². The van der Waals surface area contributed by atoms with Crippen LogP contribution in [0.3, 0.4) is 0 Å². The minimum Gasteiger partial charge on any atom is -0.481 e. The van der Waals surface area contributed by atoms with Crippen LogP contribution in [-0.2, 0) is 4.79 Å². The van der Waals surface area contributed by atoms with Crippen molar-refractivity contribution < 1.29 is 18.3 Å². The number of piperidine rings is 1. The molecule has 166 valence electrons. The third kappa shape index (κ3) is 5.19. The van der Waals surface area contributed by atoms with Gasteiger partial charge in [0.2, 0.25) is 0 Å². The van der Waals surface area contributed by atoms with Crippen molar-refractivity contribution in [3.8, 4) is 5.75 Å². The van der Waals surface area contributed by atoms with Crippen molar-refractivity contribution in [3.05, 3.63) is 77.6 Å². The second-order valence-electron chi connectivity index (χ2n) is 7.78. The molecule has 6 nitrogen and oxygen atoms in total. The third-order valence-electron chi connectivity index (χ3n) is 5.46. The van der Waals surface area contributed by atoms with Crippen molar-refractivity contribution in [1.29, 1.82) is 0 Å². The number of rotatable bonds is 6. The fraction of sp³-hybridized carbons (Fsp3) is 0.292. The van der Waals surface area contributed by atoms with Gasteiger partial charge in [-0.25, -0.2) is 18.7 Å². The fourth-order valence-corrected chi connectivity index (χ4v) is 3.75. The van der Waals surface area contributed by atoms with E-state index in [1.165, 1.54) is 6.07 Å². The monoisotopic (exact) mass is 438 g/mol. The summed E-state index contributed by atoms with van der Waals surface area (Å²) in [6.45, 7) is 2.79. The van der Waals surface area contributed by atoms with Crippen LogP contribution >= 0.6 is 0 Å². The van der Waals surface area contributed by atoms with Crippen LogP contribution in [0.5, 0.6) is 5.75 Å². The SMILES string of the molecule is Cc1cccnc1Nc1cccc([C@@H]2CCCN(C(=O)COc3ccc(F)cc3F)C2)n1. The molecule has 0 radical (unpaired) electrons. The Morgan fingerprint density at radius 2 is 2.09 bits per heavy atom. The minimum absolute atomic E-state index is 0.0850. The first-order chi connectivity index (χ1) is 15.5. The summed E-state index contributed by atoms with van der Waals surface area (Å²) >= 11 is 0. The minimum atomic E-state index is -0.828. The number of benzene rings is 1. The first-order valence-electron chi connectivity index (χ1n) is 10.5. The second-order valence-corrected chi connectivity index (χ2v) is 7.78. The van der Waals surface area contributed by atoms with Gasteiger partial charge in [0.05, 0.1) is 0 Å². The summed E-state index contributed by atoms with van der Waals surface area (Å²) in [5.41, 5.74) is 1.92. The number of halogens is 2. The van der Waals surface area contributed by atoms with Crippen LogP contribution in [0, 0.1) is 18.6 Å². The first-order valence-corrected chi connectivity index (χ1v) is 10.5. The molecule has 0 aliphatic carbocycles. The van der Waals surface area contributed by atoms with Gasteiger partial charge in [-0.2, -0.15) is 0 Å². The van der Waals surface area contributed by atoms with Crippen molar-refractivity contribution in [2.75, 3.05) is 25.0 Å². The largest absolute Gasteiger partial charge is 0.481 e. The predicted octanol–water partition coefficient (Wildman–Crippen LogP) is 4.59. The molecule has 0 spiro atoms. The molecule has 1 aromatic carbocycles. The highest BCUT2D eigenvalue weighted by molar-refractivity contribution is 5.78. The van der Waals surface area contributed by atoms with Crippen LogP contribution in [0.15, 0.2) is 54.7 Å². The number of carbonyl (C=O) groups is 1. The predicted molar refractivity (Wildman–Crippen MR) is 117 cm³/mol. The Kier molecular flexibility index (Phi) is 6.58. The zero-order chi connectivity index (χ0) is 22.5. The summed E-state index contributed by atoms with van der Waals surface area (Å²) in [6, 6.07) is 12.6. The molecule has 4 rings (SSSR count). The molecule has 8 heteroatoms. The molecule has 0 bridgehead atoms. The molecule has 1 fully saturated rings. The molecule has 1 N–H and O–H groups in total. The zero-order valence-electron chi connectivity index (χ0n) is 17.7. The topological polar surface area (TPSA) is 67.4 Å². The summed E-state index contributed by atoms with van der Waals surface area (Å²) in [5, 5.41) is 3.25. The van der Waals surface area contributed by atoms with Gasteiger partial charge < -0.3 is 15.0 Å². The Balaban J connectivity index is 1.39. The van der Waals surface area contributed by atoms with Crippen LogP contribution < -0.4 is 10.1 Å². The summed E-state index contributed by atoms with van der Waals surface area (Å²) in [6.07, 6.45) is 3.47. The molecule has 1 atom stereocenters. The number of anilines is 2. The molecule has 0 unspecified atom stereocenters. The maximum absolute atomic E-state index is 13.7. The quantitative estimate of drug-likeness (QED) is 0.610. The molecule has 3 heterocycles. The number of aryl methyl sites for hydroxylation is 1. The molecular weight excluding hydrogens is 414 g/mol. The summed E-state index contributed by atoms with van der Waals surface area (Å²) in [4.78, 5) is 23.4. The second kappa shape index (κ2) is 9.72. The molecule has 0 saturated carbocycles. The van der Waals surface area contributed by atoms with Crippen LogP contribution in [0.4, 0.5) is 20.4 Å². The Bertz CT molecular complexity index is 1110. The number of hydrogen-bond acceptors (Lipinski definition) is 5. The van der Waals surface area contributed by atoms with E-state index in [0.29, 0.717) is 18.9 Å². The molecule has 1 saturated heterocycles. The highest BCUT2D eigenvalue weighted by atomic mass is 19.1.